The minimum absolute atomic E-state index is 0.357. The molecule has 0 fully saturated rings. The Morgan fingerprint density at radius 3 is 2.37 bits per heavy atom. The molecule has 0 heterocycles. The summed E-state index contributed by atoms with van der Waals surface area (Å²) in [4.78, 5) is 22.6. The van der Waals surface area contributed by atoms with Gasteiger partial charge in [0.2, 0.25) is 0 Å². The van der Waals surface area contributed by atoms with E-state index >= 15 is 0 Å². The van der Waals surface area contributed by atoms with Gasteiger partial charge in [0.25, 0.3) is 5.91 Å². The highest BCUT2D eigenvalue weighted by atomic mass is 19.4. The third-order valence-electron chi connectivity index (χ3n) is 2.24. The molecule has 0 aliphatic carbocycles. The summed E-state index contributed by atoms with van der Waals surface area (Å²) in [6.07, 6.45) is -4.71. The van der Waals surface area contributed by atoms with Crippen molar-refractivity contribution in [3.8, 4) is 0 Å². The number of halogens is 4. The number of nitrogens with zero attached hydrogens (tertiary/aromatic N) is 1. The maximum absolute atomic E-state index is 13.3. The average molecular weight is 279 g/mol. The molecule has 0 aliphatic rings. The lowest BCUT2D eigenvalue weighted by Crippen LogP contribution is -2.32. The Kier molecular flexibility index (Phi) is 4.13. The van der Waals surface area contributed by atoms with Crippen LogP contribution in [0.4, 0.5) is 17.6 Å². The number of carboxylic acids is 1. The number of carbonyl (C=O) groups is 2. The number of alkyl halides is 3. The van der Waals surface area contributed by atoms with Crippen molar-refractivity contribution in [3.05, 3.63) is 35.1 Å². The van der Waals surface area contributed by atoms with Gasteiger partial charge in [0.05, 0.1) is 11.1 Å². The highest BCUT2D eigenvalue weighted by Gasteiger charge is 2.32. The molecule has 4 nitrogen and oxygen atoms in total. The lowest BCUT2D eigenvalue weighted by atomic mass is 10.1. The maximum Gasteiger partial charge on any atom is 0.416 e. The van der Waals surface area contributed by atoms with E-state index in [1.54, 1.807) is 0 Å². The predicted molar refractivity (Wildman–Crippen MR) is 56.0 cm³/mol. The third-order valence-corrected chi connectivity index (χ3v) is 2.24. The Bertz CT molecular complexity index is 513. The van der Waals surface area contributed by atoms with Crippen molar-refractivity contribution in [1.82, 2.24) is 4.90 Å². The Morgan fingerprint density at radius 1 is 1.32 bits per heavy atom. The van der Waals surface area contributed by atoms with Gasteiger partial charge in [-0.3, -0.25) is 9.59 Å². The molecule has 1 N–H and O–H groups in total. The monoisotopic (exact) mass is 279 g/mol. The van der Waals surface area contributed by atoms with E-state index in [0.717, 1.165) is 7.05 Å². The van der Waals surface area contributed by atoms with Crippen LogP contribution in [0.5, 0.6) is 0 Å². The summed E-state index contributed by atoms with van der Waals surface area (Å²) in [5, 5.41) is 8.47. The van der Waals surface area contributed by atoms with Crippen LogP contribution in [0.1, 0.15) is 15.9 Å². The summed E-state index contributed by atoms with van der Waals surface area (Å²) in [5.74, 6) is -3.63. The van der Waals surface area contributed by atoms with E-state index in [2.05, 4.69) is 0 Å². The molecule has 0 aliphatic heterocycles. The number of amides is 1. The molecule has 19 heavy (non-hydrogen) atoms. The van der Waals surface area contributed by atoms with E-state index in [1.807, 2.05) is 0 Å². The fourth-order valence-corrected chi connectivity index (χ4v) is 1.35. The number of carbonyl (C=O) groups excluding carboxylic acids is 1. The van der Waals surface area contributed by atoms with Crippen LogP contribution >= 0.6 is 0 Å². The van der Waals surface area contributed by atoms with Gasteiger partial charge in [-0.1, -0.05) is 0 Å². The van der Waals surface area contributed by atoms with Crippen LogP contribution in [0.15, 0.2) is 18.2 Å². The van der Waals surface area contributed by atoms with Gasteiger partial charge in [-0.2, -0.15) is 13.2 Å². The number of carboxylic acid groups (broad SMARTS) is 1. The van der Waals surface area contributed by atoms with Gasteiger partial charge in [-0.15, -0.1) is 0 Å². The number of likely N-dealkylation sites (N-methyl/N-ethyl adjacent to an activating group) is 1. The summed E-state index contributed by atoms with van der Waals surface area (Å²) >= 11 is 0. The molecule has 1 rings (SSSR count). The Hall–Kier alpha value is -2.12. The molecule has 0 radical (unpaired) electrons. The Morgan fingerprint density at radius 2 is 1.89 bits per heavy atom. The number of hydrogen-bond acceptors (Lipinski definition) is 2. The van der Waals surface area contributed by atoms with Gasteiger partial charge < -0.3 is 10.0 Å². The molecule has 0 saturated heterocycles. The van der Waals surface area contributed by atoms with Crippen molar-refractivity contribution in [2.75, 3.05) is 13.6 Å². The van der Waals surface area contributed by atoms with E-state index in [0.29, 0.717) is 23.1 Å². The van der Waals surface area contributed by atoms with E-state index < -0.39 is 41.5 Å². The predicted octanol–water partition coefficient (Wildman–Crippen LogP) is 2.00. The first-order valence-corrected chi connectivity index (χ1v) is 4.97. The number of benzene rings is 1. The molecule has 0 spiro atoms. The van der Waals surface area contributed by atoms with E-state index in [9.17, 15) is 27.2 Å². The lowest BCUT2D eigenvalue weighted by molar-refractivity contribution is -0.138. The average Bonchev–Trinajstić information content (AvgIpc) is 2.26. The Labute approximate surface area is 105 Å². The summed E-state index contributed by atoms with van der Waals surface area (Å²) in [5.41, 5.74) is -2.00. The van der Waals surface area contributed by atoms with Gasteiger partial charge >= 0.3 is 12.1 Å². The molecular formula is C11H9F4NO3. The standard InChI is InChI=1S/C11H9F4NO3/c1-16(5-9(17)18)10(19)7-4-6(11(13,14)15)2-3-8(7)12/h2-4H,5H2,1H3,(H,17,18). The zero-order valence-corrected chi connectivity index (χ0v) is 9.66. The van der Waals surface area contributed by atoms with Crippen LogP contribution in [0, 0.1) is 5.82 Å². The van der Waals surface area contributed by atoms with Crippen molar-refractivity contribution < 1.29 is 32.3 Å². The first-order chi connectivity index (χ1) is 8.62. The fourth-order valence-electron chi connectivity index (χ4n) is 1.35. The summed E-state index contributed by atoms with van der Waals surface area (Å²) < 4.78 is 50.6. The fraction of sp³-hybridized carbons (Fsp3) is 0.273. The van der Waals surface area contributed by atoms with Crippen LogP contribution in [-0.4, -0.2) is 35.5 Å². The van der Waals surface area contributed by atoms with Gasteiger partial charge in [0.15, 0.2) is 0 Å². The smallest absolute Gasteiger partial charge is 0.416 e. The third kappa shape index (κ3) is 3.67. The van der Waals surface area contributed by atoms with Gasteiger partial charge in [-0.25, -0.2) is 4.39 Å². The van der Waals surface area contributed by atoms with Crippen molar-refractivity contribution in [1.29, 1.82) is 0 Å². The number of aliphatic carboxylic acids is 1. The normalized spacial score (nSPS) is 11.2. The molecule has 0 atom stereocenters. The minimum atomic E-state index is -4.71. The molecule has 8 heteroatoms. The zero-order chi connectivity index (χ0) is 14.8. The highest BCUT2D eigenvalue weighted by Crippen LogP contribution is 2.30. The summed E-state index contributed by atoms with van der Waals surface area (Å²) in [7, 11) is 1.05. The van der Waals surface area contributed by atoms with E-state index in [1.165, 1.54) is 0 Å². The number of hydrogen-bond donors (Lipinski definition) is 1. The van der Waals surface area contributed by atoms with Crippen LogP contribution in [0.25, 0.3) is 0 Å². The summed E-state index contributed by atoms with van der Waals surface area (Å²) in [6, 6.07) is 1.38. The van der Waals surface area contributed by atoms with E-state index in [4.69, 9.17) is 5.11 Å². The number of rotatable bonds is 3. The first-order valence-electron chi connectivity index (χ1n) is 4.97. The highest BCUT2D eigenvalue weighted by molar-refractivity contribution is 5.96. The second kappa shape index (κ2) is 5.25. The maximum atomic E-state index is 13.3. The molecule has 0 aromatic heterocycles. The van der Waals surface area contributed by atoms with Crippen LogP contribution in [-0.2, 0) is 11.0 Å². The quantitative estimate of drug-likeness (QED) is 0.861. The van der Waals surface area contributed by atoms with Crippen molar-refractivity contribution >= 4 is 11.9 Å². The topological polar surface area (TPSA) is 57.6 Å². The van der Waals surface area contributed by atoms with Crippen LogP contribution in [0.2, 0.25) is 0 Å². The molecule has 0 bridgehead atoms. The largest absolute Gasteiger partial charge is 0.480 e. The molecule has 1 aromatic carbocycles. The molecule has 0 unspecified atom stereocenters. The SMILES string of the molecule is CN(CC(=O)O)C(=O)c1cc(C(F)(F)F)ccc1F. The zero-order valence-electron chi connectivity index (χ0n) is 9.66. The molecule has 1 aromatic rings. The van der Waals surface area contributed by atoms with Gasteiger partial charge in [0.1, 0.15) is 12.4 Å². The van der Waals surface area contributed by atoms with Crippen LogP contribution in [0.3, 0.4) is 0 Å². The van der Waals surface area contributed by atoms with E-state index in [-0.39, 0.29) is 0 Å². The van der Waals surface area contributed by atoms with Crippen molar-refractivity contribution in [2.24, 2.45) is 0 Å². The van der Waals surface area contributed by atoms with Gasteiger partial charge in [0, 0.05) is 7.05 Å². The van der Waals surface area contributed by atoms with Crippen molar-refractivity contribution in [3.63, 3.8) is 0 Å². The molecule has 1 amide bonds. The lowest BCUT2D eigenvalue weighted by Gasteiger charge is -2.16. The first kappa shape index (κ1) is 14.9. The molecule has 0 saturated carbocycles. The minimum Gasteiger partial charge on any atom is -0.480 e. The molecular weight excluding hydrogens is 270 g/mol. The Balaban J connectivity index is 3.12. The van der Waals surface area contributed by atoms with Crippen molar-refractivity contribution in [2.45, 2.75) is 6.18 Å². The second-order valence-corrected chi connectivity index (χ2v) is 3.75. The second-order valence-electron chi connectivity index (χ2n) is 3.75. The van der Waals surface area contributed by atoms with Crippen LogP contribution < -0.4 is 0 Å². The van der Waals surface area contributed by atoms with Gasteiger partial charge in [-0.05, 0) is 18.2 Å². The molecule has 104 valence electrons. The summed E-state index contributed by atoms with van der Waals surface area (Å²) in [6.45, 7) is -0.742.